The van der Waals surface area contributed by atoms with Crippen molar-refractivity contribution in [2.75, 3.05) is 20.2 Å². The van der Waals surface area contributed by atoms with Crippen LogP contribution in [0.3, 0.4) is 0 Å². The summed E-state index contributed by atoms with van der Waals surface area (Å²) in [5.41, 5.74) is 5.97. The molecule has 0 bridgehead atoms. The fourth-order valence-corrected chi connectivity index (χ4v) is 1.95. The van der Waals surface area contributed by atoms with Crippen molar-refractivity contribution < 1.29 is 14.2 Å². The van der Waals surface area contributed by atoms with Crippen LogP contribution in [0.25, 0.3) is 0 Å². The molecule has 19 heavy (non-hydrogen) atoms. The largest absolute Gasteiger partial charge is 0.493 e. The van der Waals surface area contributed by atoms with Crippen molar-refractivity contribution >= 4 is 0 Å². The average Bonchev–Trinajstić information content (AvgIpc) is 2.42. The van der Waals surface area contributed by atoms with Crippen molar-refractivity contribution in [1.29, 1.82) is 0 Å². The topological polar surface area (TPSA) is 67.5 Å². The second-order valence-electron chi connectivity index (χ2n) is 4.45. The molecule has 0 aliphatic heterocycles. The average molecular weight is 270 g/mol. The molecule has 0 radical (unpaired) electrons. The maximum Gasteiger partial charge on any atom is 0.125 e. The molecule has 0 aromatic heterocycles. The summed E-state index contributed by atoms with van der Waals surface area (Å²) in [5, 5.41) is 13.3. The van der Waals surface area contributed by atoms with E-state index in [0.29, 0.717) is 30.9 Å². The van der Waals surface area contributed by atoms with Crippen molar-refractivity contribution in [3.63, 3.8) is 0 Å². The van der Waals surface area contributed by atoms with Gasteiger partial charge in [0, 0.05) is 11.6 Å². The summed E-state index contributed by atoms with van der Waals surface area (Å²) in [6.07, 6.45) is 0.600. The molecule has 0 aliphatic rings. The summed E-state index contributed by atoms with van der Waals surface area (Å²) in [4.78, 5) is 0. The van der Waals surface area contributed by atoms with E-state index in [1.54, 1.807) is 13.1 Å². The van der Waals surface area contributed by atoms with Gasteiger partial charge in [-0.25, -0.2) is 4.39 Å². The van der Waals surface area contributed by atoms with E-state index in [1.807, 2.05) is 6.92 Å². The number of halogens is 1. The van der Waals surface area contributed by atoms with Gasteiger partial charge in [0.1, 0.15) is 11.6 Å². The van der Waals surface area contributed by atoms with Gasteiger partial charge in [-0.1, -0.05) is 6.92 Å². The Labute approximate surface area is 113 Å². The number of nitrogens with one attached hydrogen (secondary N) is 1. The number of aliphatic hydroxyl groups is 1. The van der Waals surface area contributed by atoms with E-state index >= 15 is 0 Å². The van der Waals surface area contributed by atoms with Crippen LogP contribution in [0.4, 0.5) is 4.39 Å². The number of ether oxygens (including phenoxy) is 1. The molecule has 5 heteroatoms. The van der Waals surface area contributed by atoms with Gasteiger partial charge < -0.3 is 20.9 Å². The summed E-state index contributed by atoms with van der Waals surface area (Å²) in [6, 6.07) is 3.98. The number of hydrogen-bond donors (Lipinski definition) is 3. The van der Waals surface area contributed by atoms with E-state index in [-0.39, 0.29) is 11.9 Å². The third-order valence-electron chi connectivity index (χ3n) is 2.98. The number of likely N-dealkylation sites (N-methyl/N-ethyl adjacent to an activating group) is 1. The van der Waals surface area contributed by atoms with Gasteiger partial charge in [-0.05, 0) is 44.6 Å². The lowest BCUT2D eigenvalue weighted by atomic mass is 9.99. The molecule has 1 aromatic carbocycles. The van der Waals surface area contributed by atoms with Gasteiger partial charge in [0.25, 0.3) is 0 Å². The fraction of sp³-hybridized carbons (Fsp3) is 0.571. The van der Waals surface area contributed by atoms with Gasteiger partial charge in [-0.15, -0.1) is 0 Å². The summed E-state index contributed by atoms with van der Waals surface area (Å²) in [5.74, 6) is 0.133. The third-order valence-corrected chi connectivity index (χ3v) is 2.98. The molecule has 108 valence electrons. The van der Waals surface area contributed by atoms with Crippen molar-refractivity contribution in [1.82, 2.24) is 5.32 Å². The Balaban J connectivity index is 2.97. The molecule has 0 saturated heterocycles. The minimum Gasteiger partial charge on any atom is -0.493 e. The highest BCUT2D eigenvalue weighted by molar-refractivity contribution is 5.36. The Bertz CT molecular complexity index is 388. The fourth-order valence-electron chi connectivity index (χ4n) is 1.95. The molecule has 0 amide bonds. The van der Waals surface area contributed by atoms with Crippen LogP contribution in [0.1, 0.15) is 31.4 Å². The van der Waals surface area contributed by atoms with E-state index in [0.717, 1.165) is 6.42 Å². The van der Waals surface area contributed by atoms with Crippen molar-refractivity contribution in [2.45, 2.75) is 31.9 Å². The normalized spacial score (nSPS) is 14.2. The van der Waals surface area contributed by atoms with Gasteiger partial charge in [-0.2, -0.15) is 0 Å². The maximum absolute atomic E-state index is 13.4. The highest BCUT2D eigenvalue weighted by Gasteiger charge is 2.22. The van der Waals surface area contributed by atoms with Gasteiger partial charge in [0.2, 0.25) is 0 Å². The van der Waals surface area contributed by atoms with Gasteiger partial charge in [-0.3, -0.25) is 0 Å². The predicted octanol–water partition coefficient (Wildman–Crippen LogP) is 1.58. The minimum atomic E-state index is -0.851. The van der Waals surface area contributed by atoms with E-state index in [9.17, 15) is 9.50 Å². The summed E-state index contributed by atoms with van der Waals surface area (Å²) in [7, 11) is 1.75. The van der Waals surface area contributed by atoms with Crippen molar-refractivity contribution in [3.8, 4) is 5.75 Å². The molecule has 2 atom stereocenters. The quantitative estimate of drug-likeness (QED) is 0.671. The minimum absolute atomic E-state index is 0.226. The molecule has 0 saturated carbocycles. The number of aliphatic hydroxyl groups excluding tert-OH is 1. The first kappa shape index (κ1) is 15.9. The molecular formula is C14H23FN2O2. The monoisotopic (exact) mass is 270 g/mol. The number of hydrogen-bond acceptors (Lipinski definition) is 4. The maximum atomic E-state index is 13.4. The molecule has 1 rings (SSSR count). The molecule has 1 aromatic rings. The van der Waals surface area contributed by atoms with Crippen LogP contribution in [-0.4, -0.2) is 31.3 Å². The molecule has 2 unspecified atom stereocenters. The molecule has 4 N–H and O–H groups in total. The smallest absolute Gasteiger partial charge is 0.125 e. The zero-order chi connectivity index (χ0) is 14.3. The van der Waals surface area contributed by atoms with Gasteiger partial charge in [0.05, 0.1) is 12.7 Å². The second-order valence-corrected chi connectivity index (χ2v) is 4.45. The van der Waals surface area contributed by atoms with Crippen LogP contribution in [0, 0.1) is 5.82 Å². The number of benzene rings is 1. The van der Waals surface area contributed by atoms with Crippen LogP contribution in [-0.2, 0) is 0 Å². The third kappa shape index (κ3) is 4.45. The number of rotatable bonds is 8. The highest BCUT2D eigenvalue weighted by Crippen LogP contribution is 2.29. The Morgan fingerprint density at radius 1 is 1.47 bits per heavy atom. The van der Waals surface area contributed by atoms with Crippen LogP contribution >= 0.6 is 0 Å². The van der Waals surface area contributed by atoms with E-state index in [2.05, 4.69) is 5.32 Å². The molecule has 0 spiro atoms. The van der Waals surface area contributed by atoms with Crippen molar-refractivity contribution in [3.05, 3.63) is 29.6 Å². The lowest BCUT2D eigenvalue weighted by molar-refractivity contribution is 0.124. The van der Waals surface area contributed by atoms with Gasteiger partial charge in [0.15, 0.2) is 0 Å². The molecule has 0 aliphatic carbocycles. The summed E-state index contributed by atoms with van der Waals surface area (Å²) < 4.78 is 18.9. The summed E-state index contributed by atoms with van der Waals surface area (Å²) >= 11 is 0. The van der Waals surface area contributed by atoms with Crippen LogP contribution < -0.4 is 15.8 Å². The molecule has 0 heterocycles. The zero-order valence-corrected chi connectivity index (χ0v) is 11.5. The molecular weight excluding hydrogens is 247 g/mol. The van der Waals surface area contributed by atoms with Crippen LogP contribution in [0.2, 0.25) is 0 Å². The lowest BCUT2D eigenvalue weighted by Crippen LogP contribution is -2.34. The van der Waals surface area contributed by atoms with Crippen LogP contribution in [0.5, 0.6) is 5.75 Å². The van der Waals surface area contributed by atoms with Gasteiger partial charge >= 0.3 is 0 Å². The predicted molar refractivity (Wildman–Crippen MR) is 73.7 cm³/mol. The standard InChI is InChI=1S/C14H23FN2O2/c1-3-8-19-13-5-4-10(15)9-11(13)14(18)12(17-2)6-7-16/h4-5,9,12,14,17-18H,3,6-8,16H2,1-2H3. The Morgan fingerprint density at radius 2 is 2.21 bits per heavy atom. The zero-order valence-electron chi connectivity index (χ0n) is 11.5. The first-order valence-corrected chi connectivity index (χ1v) is 6.61. The molecule has 0 fully saturated rings. The summed E-state index contributed by atoms with van der Waals surface area (Å²) in [6.45, 7) is 2.97. The van der Waals surface area contributed by atoms with E-state index in [1.165, 1.54) is 12.1 Å². The van der Waals surface area contributed by atoms with E-state index < -0.39 is 6.10 Å². The Morgan fingerprint density at radius 3 is 2.79 bits per heavy atom. The SMILES string of the molecule is CCCOc1ccc(F)cc1C(O)C(CCN)NC. The molecule has 4 nitrogen and oxygen atoms in total. The number of nitrogens with two attached hydrogens (primary N) is 1. The highest BCUT2D eigenvalue weighted by atomic mass is 19.1. The van der Waals surface area contributed by atoms with Crippen molar-refractivity contribution in [2.24, 2.45) is 5.73 Å². The van der Waals surface area contributed by atoms with E-state index in [4.69, 9.17) is 10.5 Å². The first-order chi connectivity index (χ1) is 9.13. The van der Waals surface area contributed by atoms with Crippen LogP contribution in [0.15, 0.2) is 18.2 Å². The Kier molecular flexibility index (Phi) is 6.77. The first-order valence-electron chi connectivity index (χ1n) is 6.61. The lowest BCUT2D eigenvalue weighted by Gasteiger charge is -2.24. The Hall–Kier alpha value is -1.17. The second kappa shape index (κ2) is 8.09.